The van der Waals surface area contributed by atoms with Gasteiger partial charge < -0.3 is 4.52 Å². The van der Waals surface area contributed by atoms with E-state index < -0.39 is 0 Å². The van der Waals surface area contributed by atoms with Gasteiger partial charge in [-0.05, 0) is 29.0 Å². The van der Waals surface area contributed by atoms with Crippen molar-refractivity contribution < 1.29 is 4.52 Å². The van der Waals surface area contributed by atoms with Crippen LogP contribution in [0.5, 0.6) is 0 Å². The molecule has 4 nitrogen and oxygen atoms in total. The summed E-state index contributed by atoms with van der Waals surface area (Å²) < 4.78 is 5.44. The van der Waals surface area contributed by atoms with E-state index in [2.05, 4.69) is 69.6 Å². The minimum Gasteiger partial charge on any atom is -0.334 e. The largest absolute Gasteiger partial charge is 0.334 e. The molecule has 136 valence electrons. The predicted molar refractivity (Wildman–Crippen MR) is 108 cm³/mol. The molecule has 4 aromatic rings. The van der Waals surface area contributed by atoms with E-state index in [0.29, 0.717) is 12.4 Å². The van der Waals surface area contributed by atoms with E-state index in [1.807, 2.05) is 22.9 Å². The molecule has 0 unspecified atom stereocenters. The predicted octanol–water partition coefficient (Wildman–Crippen LogP) is 5.04. The fourth-order valence-corrected chi connectivity index (χ4v) is 3.64. The van der Waals surface area contributed by atoms with Crippen molar-refractivity contribution in [3.63, 3.8) is 0 Å². The first kappa shape index (κ1) is 17.6. The Morgan fingerprint density at radius 1 is 0.852 bits per heavy atom. The van der Waals surface area contributed by atoms with E-state index >= 15 is 0 Å². The molecule has 0 spiro atoms. The second-order valence-electron chi connectivity index (χ2n) is 6.46. The summed E-state index contributed by atoms with van der Waals surface area (Å²) in [6.07, 6.45) is 0.989. The molecule has 2 aromatic heterocycles. The zero-order valence-corrected chi connectivity index (χ0v) is 15.8. The first-order valence-corrected chi connectivity index (χ1v) is 9.96. The highest BCUT2D eigenvalue weighted by Gasteiger charge is 2.14. The van der Waals surface area contributed by atoms with Crippen molar-refractivity contribution in [2.24, 2.45) is 0 Å². The van der Waals surface area contributed by atoms with Crippen molar-refractivity contribution in [2.75, 3.05) is 6.54 Å². The van der Waals surface area contributed by atoms with Crippen LogP contribution >= 0.6 is 11.3 Å². The number of aromatic nitrogens is 2. The Bertz CT molecular complexity index is 936. The summed E-state index contributed by atoms with van der Waals surface area (Å²) in [5.41, 5.74) is 3.60. The molecule has 0 amide bonds. The minimum atomic E-state index is 0.592. The number of rotatable bonds is 8. The second kappa shape index (κ2) is 8.75. The number of nitrogens with zero attached hydrogens (tertiary/aromatic N) is 3. The Labute approximate surface area is 163 Å². The van der Waals surface area contributed by atoms with Crippen LogP contribution in [-0.4, -0.2) is 21.6 Å². The van der Waals surface area contributed by atoms with Crippen molar-refractivity contribution in [3.05, 3.63) is 94.4 Å². The maximum Gasteiger partial charge on any atom is 0.258 e. The molecule has 0 saturated carbocycles. The summed E-state index contributed by atoms with van der Waals surface area (Å²) in [6.45, 7) is 2.45. The van der Waals surface area contributed by atoms with Crippen molar-refractivity contribution in [3.8, 4) is 11.5 Å². The van der Waals surface area contributed by atoms with Gasteiger partial charge in [-0.1, -0.05) is 65.8 Å². The fraction of sp³-hybridized carbons (Fsp3) is 0.182. The summed E-state index contributed by atoms with van der Waals surface area (Å²) in [4.78, 5) is 6.94. The molecule has 2 heterocycles. The standard InChI is InChI=1S/C22H21N3OS/c1-3-7-18(8-4-1)11-13-25(15-19-9-5-2-6-10-19)16-21-23-22(26-24-21)20-12-14-27-17-20/h1-10,12,14,17H,11,13,15-16H2. The molecular weight excluding hydrogens is 354 g/mol. The maximum atomic E-state index is 5.44. The van der Waals surface area contributed by atoms with Gasteiger partial charge in [0.05, 0.1) is 12.1 Å². The lowest BCUT2D eigenvalue weighted by molar-refractivity contribution is 0.249. The van der Waals surface area contributed by atoms with Crippen molar-refractivity contribution in [2.45, 2.75) is 19.5 Å². The van der Waals surface area contributed by atoms with E-state index in [0.717, 1.165) is 30.9 Å². The molecule has 0 aliphatic carbocycles. The summed E-state index contributed by atoms with van der Waals surface area (Å²) in [5, 5.41) is 8.22. The summed E-state index contributed by atoms with van der Waals surface area (Å²) >= 11 is 1.63. The smallest absolute Gasteiger partial charge is 0.258 e. The Kier molecular flexibility index (Phi) is 5.72. The molecule has 0 saturated heterocycles. The van der Waals surface area contributed by atoms with Gasteiger partial charge in [0.2, 0.25) is 0 Å². The number of thiophene rings is 1. The molecule has 4 rings (SSSR count). The lowest BCUT2D eigenvalue weighted by Crippen LogP contribution is -2.26. The van der Waals surface area contributed by atoms with E-state index in [1.54, 1.807) is 11.3 Å². The zero-order chi connectivity index (χ0) is 18.3. The summed E-state index contributed by atoms with van der Waals surface area (Å²) in [6, 6.07) is 23.1. The lowest BCUT2D eigenvalue weighted by atomic mass is 10.1. The molecule has 5 heteroatoms. The van der Waals surface area contributed by atoms with Crippen LogP contribution in [0.3, 0.4) is 0 Å². The highest BCUT2D eigenvalue weighted by molar-refractivity contribution is 7.08. The SMILES string of the molecule is c1ccc(CCN(Cc2ccccc2)Cc2noc(-c3ccsc3)n2)cc1. The normalized spacial score (nSPS) is 11.1. The third-order valence-electron chi connectivity index (χ3n) is 4.41. The summed E-state index contributed by atoms with van der Waals surface area (Å²) in [7, 11) is 0. The highest BCUT2D eigenvalue weighted by Crippen LogP contribution is 2.20. The number of hydrogen-bond donors (Lipinski definition) is 0. The highest BCUT2D eigenvalue weighted by atomic mass is 32.1. The van der Waals surface area contributed by atoms with Crippen LogP contribution in [-0.2, 0) is 19.5 Å². The quantitative estimate of drug-likeness (QED) is 0.432. The lowest BCUT2D eigenvalue weighted by Gasteiger charge is -2.21. The number of benzene rings is 2. The van der Waals surface area contributed by atoms with Crippen LogP contribution < -0.4 is 0 Å². The first-order chi connectivity index (χ1) is 13.4. The van der Waals surface area contributed by atoms with Crippen molar-refractivity contribution >= 4 is 11.3 Å². The molecule has 2 aromatic carbocycles. The molecule has 0 aliphatic rings. The first-order valence-electron chi connectivity index (χ1n) is 9.02. The monoisotopic (exact) mass is 375 g/mol. The average Bonchev–Trinajstić information content (AvgIpc) is 3.40. The van der Waals surface area contributed by atoms with Gasteiger partial charge in [0.25, 0.3) is 5.89 Å². The van der Waals surface area contributed by atoms with Gasteiger partial charge in [0, 0.05) is 18.5 Å². The molecule has 0 radical (unpaired) electrons. The summed E-state index contributed by atoms with van der Waals surface area (Å²) in [5.74, 6) is 1.31. The fourth-order valence-electron chi connectivity index (χ4n) is 3.01. The van der Waals surface area contributed by atoms with E-state index in [9.17, 15) is 0 Å². The Morgan fingerprint density at radius 2 is 1.59 bits per heavy atom. The third-order valence-corrected chi connectivity index (χ3v) is 5.09. The molecule has 0 atom stereocenters. The molecular formula is C22H21N3OS. The molecule has 0 fully saturated rings. The van der Waals surface area contributed by atoms with Crippen LogP contribution in [0.4, 0.5) is 0 Å². The molecule has 27 heavy (non-hydrogen) atoms. The zero-order valence-electron chi connectivity index (χ0n) is 15.0. The van der Waals surface area contributed by atoms with Crippen LogP contribution in [0, 0.1) is 0 Å². The van der Waals surface area contributed by atoms with Crippen molar-refractivity contribution in [1.82, 2.24) is 15.0 Å². The van der Waals surface area contributed by atoms with Gasteiger partial charge in [-0.2, -0.15) is 16.3 Å². The van der Waals surface area contributed by atoms with Crippen LogP contribution in [0.2, 0.25) is 0 Å². The van der Waals surface area contributed by atoms with E-state index in [1.165, 1.54) is 11.1 Å². The maximum absolute atomic E-state index is 5.44. The minimum absolute atomic E-state index is 0.592. The van der Waals surface area contributed by atoms with Crippen LogP contribution in [0.15, 0.2) is 82.0 Å². The molecule has 0 aliphatic heterocycles. The second-order valence-corrected chi connectivity index (χ2v) is 7.24. The Hall–Kier alpha value is -2.76. The Morgan fingerprint density at radius 3 is 2.30 bits per heavy atom. The van der Waals surface area contributed by atoms with Gasteiger partial charge in [-0.15, -0.1) is 0 Å². The topological polar surface area (TPSA) is 42.2 Å². The van der Waals surface area contributed by atoms with Gasteiger partial charge in [0.15, 0.2) is 5.82 Å². The Balaban J connectivity index is 1.47. The van der Waals surface area contributed by atoms with E-state index in [-0.39, 0.29) is 0 Å². The van der Waals surface area contributed by atoms with Gasteiger partial charge >= 0.3 is 0 Å². The third kappa shape index (κ3) is 4.90. The van der Waals surface area contributed by atoms with Gasteiger partial charge in [0.1, 0.15) is 0 Å². The van der Waals surface area contributed by atoms with Crippen molar-refractivity contribution in [1.29, 1.82) is 0 Å². The van der Waals surface area contributed by atoms with Gasteiger partial charge in [-0.25, -0.2) is 0 Å². The molecule has 0 N–H and O–H groups in total. The van der Waals surface area contributed by atoms with Crippen LogP contribution in [0.1, 0.15) is 17.0 Å². The van der Waals surface area contributed by atoms with Gasteiger partial charge in [-0.3, -0.25) is 4.90 Å². The number of hydrogen-bond acceptors (Lipinski definition) is 5. The average molecular weight is 375 g/mol. The van der Waals surface area contributed by atoms with Crippen LogP contribution in [0.25, 0.3) is 11.5 Å². The molecule has 0 bridgehead atoms. The van der Waals surface area contributed by atoms with E-state index in [4.69, 9.17) is 4.52 Å².